The molecule has 0 fully saturated rings. The molecule has 3 N–H and O–H groups in total. The number of hydrogen-bond donors (Lipinski definition) is 3. The predicted molar refractivity (Wildman–Crippen MR) is 70.1 cm³/mol. The van der Waals surface area contributed by atoms with E-state index in [1.165, 1.54) is 23.1 Å². The van der Waals surface area contributed by atoms with Crippen molar-refractivity contribution in [1.29, 1.82) is 0 Å². The molecule has 8 heteroatoms. The second kappa shape index (κ2) is 5.19. The first kappa shape index (κ1) is 13.2. The quantitative estimate of drug-likeness (QED) is 0.723. The molecule has 0 bridgehead atoms. The SMILES string of the molecule is CN(C)C(=O)Sc1n[nH]c(-c2ccc(O)cc2O)n1. The molecule has 0 atom stereocenters. The summed E-state index contributed by atoms with van der Waals surface area (Å²) < 4.78 is 0. The first-order valence-corrected chi connectivity index (χ1v) is 6.13. The molecule has 0 aliphatic rings. The monoisotopic (exact) mass is 280 g/mol. The molecule has 7 nitrogen and oxygen atoms in total. The summed E-state index contributed by atoms with van der Waals surface area (Å²) in [5.74, 6) is 0.163. The highest BCUT2D eigenvalue weighted by Gasteiger charge is 2.14. The Morgan fingerprint density at radius 2 is 2.11 bits per heavy atom. The Kier molecular flexibility index (Phi) is 3.61. The maximum absolute atomic E-state index is 11.5. The predicted octanol–water partition coefficient (Wildman–Crippen LogP) is 1.66. The number of nitrogens with one attached hydrogen (secondary N) is 1. The zero-order valence-corrected chi connectivity index (χ0v) is 11.1. The number of benzene rings is 1. The van der Waals surface area contributed by atoms with Gasteiger partial charge in [0.15, 0.2) is 5.82 Å². The van der Waals surface area contributed by atoms with Gasteiger partial charge in [-0.25, -0.2) is 4.98 Å². The van der Waals surface area contributed by atoms with E-state index in [1.807, 2.05) is 0 Å². The molecule has 0 saturated heterocycles. The molecule has 0 aliphatic carbocycles. The van der Waals surface area contributed by atoms with Crippen molar-refractivity contribution in [3.63, 3.8) is 0 Å². The van der Waals surface area contributed by atoms with Crippen LogP contribution in [0, 0.1) is 0 Å². The minimum Gasteiger partial charge on any atom is -0.508 e. The van der Waals surface area contributed by atoms with Gasteiger partial charge in [-0.1, -0.05) is 0 Å². The molecule has 0 radical (unpaired) electrons. The van der Waals surface area contributed by atoms with Crippen molar-refractivity contribution < 1.29 is 15.0 Å². The number of hydrogen-bond acceptors (Lipinski definition) is 6. The van der Waals surface area contributed by atoms with Crippen LogP contribution >= 0.6 is 11.8 Å². The van der Waals surface area contributed by atoms with Crippen molar-refractivity contribution in [2.75, 3.05) is 14.1 Å². The highest BCUT2D eigenvalue weighted by molar-refractivity contribution is 8.13. The molecule has 19 heavy (non-hydrogen) atoms. The van der Waals surface area contributed by atoms with Crippen LogP contribution in [0.5, 0.6) is 11.5 Å². The lowest BCUT2D eigenvalue weighted by Crippen LogP contribution is -2.16. The third-order valence-electron chi connectivity index (χ3n) is 2.25. The largest absolute Gasteiger partial charge is 0.508 e. The number of H-pyrrole nitrogens is 1. The fraction of sp³-hybridized carbons (Fsp3) is 0.182. The fourth-order valence-corrected chi connectivity index (χ4v) is 1.87. The summed E-state index contributed by atoms with van der Waals surface area (Å²) in [4.78, 5) is 17.0. The molecule has 1 aromatic carbocycles. The van der Waals surface area contributed by atoms with Gasteiger partial charge in [0, 0.05) is 31.9 Å². The number of aromatic amines is 1. The number of carbonyl (C=O) groups excluding carboxylic acids is 1. The van der Waals surface area contributed by atoms with E-state index < -0.39 is 0 Å². The summed E-state index contributed by atoms with van der Waals surface area (Å²) in [6.45, 7) is 0. The summed E-state index contributed by atoms with van der Waals surface area (Å²) in [5.41, 5.74) is 0.398. The number of amides is 1. The maximum Gasteiger partial charge on any atom is 0.288 e. The Hall–Kier alpha value is -2.22. The van der Waals surface area contributed by atoms with Crippen molar-refractivity contribution in [2.45, 2.75) is 5.16 Å². The number of carbonyl (C=O) groups is 1. The standard InChI is InChI=1S/C11H12N4O3S/c1-15(2)11(18)19-10-12-9(13-14-10)7-4-3-6(16)5-8(7)17/h3-5,16-17H,1-2H3,(H,12,13,14). The van der Waals surface area contributed by atoms with Crippen LogP contribution in [0.4, 0.5) is 4.79 Å². The number of nitrogens with zero attached hydrogens (tertiary/aromatic N) is 3. The molecule has 0 spiro atoms. The highest BCUT2D eigenvalue weighted by Crippen LogP contribution is 2.30. The summed E-state index contributed by atoms with van der Waals surface area (Å²) in [5, 5.41) is 25.5. The first-order valence-electron chi connectivity index (χ1n) is 5.31. The number of phenols is 2. The third kappa shape index (κ3) is 2.97. The molecule has 0 unspecified atom stereocenters. The van der Waals surface area contributed by atoms with Gasteiger partial charge in [-0.05, 0) is 12.1 Å². The van der Waals surface area contributed by atoms with Crippen LogP contribution in [0.25, 0.3) is 11.4 Å². The normalized spacial score (nSPS) is 10.4. The lowest BCUT2D eigenvalue weighted by Gasteiger charge is -2.06. The van der Waals surface area contributed by atoms with E-state index in [4.69, 9.17) is 0 Å². The number of aromatic hydroxyl groups is 2. The van der Waals surface area contributed by atoms with Crippen LogP contribution in [0.15, 0.2) is 23.4 Å². The zero-order chi connectivity index (χ0) is 14.0. The Bertz CT molecular complexity index is 612. The lowest BCUT2D eigenvalue weighted by atomic mass is 10.2. The first-order chi connectivity index (χ1) is 8.97. The number of thioether (sulfide) groups is 1. The molecule has 1 heterocycles. The Morgan fingerprint density at radius 1 is 1.37 bits per heavy atom. The van der Waals surface area contributed by atoms with Gasteiger partial charge in [0.1, 0.15) is 11.5 Å². The van der Waals surface area contributed by atoms with Crippen molar-refractivity contribution in [3.05, 3.63) is 18.2 Å². The van der Waals surface area contributed by atoms with Gasteiger partial charge in [-0.15, -0.1) is 5.10 Å². The summed E-state index contributed by atoms with van der Waals surface area (Å²) in [6, 6.07) is 4.14. The topological polar surface area (TPSA) is 102 Å². The van der Waals surface area contributed by atoms with Crippen LogP contribution in [0.2, 0.25) is 0 Å². The van der Waals surface area contributed by atoms with E-state index in [9.17, 15) is 15.0 Å². The smallest absolute Gasteiger partial charge is 0.288 e. The molecule has 0 aliphatic heterocycles. The maximum atomic E-state index is 11.5. The van der Waals surface area contributed by atoms with Crippen molar-refractivity contribution in [2.24, 2.45) is 0 Å². The number of phenolic OH excluding ortho intramolecular Hbond substituents is 2. The van der Waals surface area contributed by atoms with Gasteiger partial charge in [0.2, 0.25) is 5.16 Å². The van der Waals surface area contributed by atoms with Crippen molar-refractivity contribution in [3.8, 4) is 22.9 Å². The average molecular weight is 280 g/mol. The van der Waals surface area contributed by atoms with Crippen LogP contribution in [0.3, 0.4) is 0 Å². The van der Waals surface area contributed by atoms with Gasteiger partial charge < -0.3 is 15.1 Å². The summed E-state index contributed by atoms with van der Waals surface area (Å²) in [6.07, 6.45) is 0. The van der Waals surface area contributed by atoms with Gasteiger partial charge in [0.25, 0.3) is 5.24 Å². The number of rotatable bonds is 2. The summed E-state index contributed by atoms with van der Waals surface area (Å²) >= 11 is 0.879. The Morgan fingerprint density at radius 3 is 2.74 bits per heavy atom. The van der Waals surface area contributed by atoms with Gasteiger partial charge in [0.05, 0.1) is 5.56 Å². The molecule has 100 valence electrons. The molecule has 0 saturated carbocycles. The molecular weight excluding hydrogens is 268 g/mol. The van der Waals surface area contributed by atoms with E-state index in [0.29, 0.717) is 11.4 Å². The van der Waals surface area contributed by atoms with Gasteiger partial charge >= 0.3 is 0 Å². The lowest BCUT2D eigenvalue weighted by molar-refractivity contribution is 0.241. The van der Waals surface area contributed by atoms with Gasteiger partial charge in [-0.2, -0.15) is 0 Å². The molecule has 1 aromatic heterocycles. The van der Waals surface area contributed by atoms with E-state index in [1.54, 1.807) is 14.1 Å². The Labute approximate surface area is 113 Å². The second-order valence-corrected chi connectivity index (χ2v) is 4.85. The van der Waals surface area contributed by atoms with E-state index in [0.717, 1.165) is 11.8 Å². The molecule has 2 aromatic rings. The van der Waals surface area contributed by atoms with Crippen LogP contribution in [-0.2, 0) is 0 Å². The fourth-order valence-electron chi connectivity index (χ4n) is 1.30. The van der Waals surface area contributed by atoms with E-state index in [-0.39, 0.29) is 21.9 Å². The number of aromatic nitrogens is 3. The van der Waals surface area contributed by atoms with Gasteiger partial charge in [-0.3, -0.25) is 9.89 Å². The molecule has 1 amide bonds. The van der Waals surface area contributed by atoms with E-state index in [2.05, 4.69) is 15.2 Å². The third-order valence-corrected chi connectivity index (χ3v) is 3.15. The second-order valence-electron chi connectivity index (χ2n) is 3.93. The van der Waals surface area contributed by atoms with Crippen molar-refractivity contribution >= 4 is 17.0 Å². The summed E-state index contributed by atoms with van der Waals surface area (Å²) in [7, 11) is 3.27. The van der Waals surface area contributed by atoms with Crippen LogP contribution < -0.4 is 0 Å². The molecule has 2 rings (SSSR count). The minimum absolute atomic E-state index is 0.0434. The minimum atomic E-state index is -0.194. The van der Waals surface area contributed by atoms with Crippen LogP contribution in [0.1, 0.15) is 0 Å². The Balaban J connectivity index is 2.23. The zero-order valence-electron chi connectivity index (χ0n) is 10.3. The highest BCUT2D eigenvalue weighted by atomic mass is 32.2. The molecular formula is C11H12N4O3S. The van der Waals surface area contributed by atoms with Crippen molar-refractivity contribution in [1.82, 2.24) is 20.1 Å². The van der Waals surface area contributed by atoms with Crippen LogP contribution in [-0.4, -0.2) is 49.6 Å². The van der Waals surface area contributed by atoms with E-state index >= 15 is 0 Å². The average Bonchev–Trinajstić information content (AvgIpc) is 2.77.